The predicted molar refractivity (Wildman–Crippen MR) is 84.7 cm³/mol. The topological polar surface area (TPSA) is 38.3 Å². The lowest BCUT2D eigenvalue weighted by molar-refractivity contribution is -0.123. The fraction of sp³-hybridized carbons (Fsp3) is 0.235. The lowest BCUT2D eigenvalue weighted by Crippen LogP contribution is -2.31. The van der Waals surface area contributed by atoms with Crippen molar-refractivity contribution in [2.24, 2.45) is 0 Å². The van der Waals surface area contributed by atoms with Crippen molar-refractivity contribution in [1.82, 2.24) is 5.32 Å². The average Bonchev–Trinajstić information content (AvgIpc) is 2.47. The van der Waals surface area contributed by atoms with E-state index in [0.29, 0.717) is 10.8 Å². The van der Waals surface area contributed by atoms with E-state index in [2.05, 4.69) is 5.32 Å². The minimum absolute atomic E-state index is 0.0142. The first kappa shape index (κ1) is 15.4. The van der Waals surface area contributed by atoms with Crippen molar-refractivity contribution in [3.63, 3.8) is 0 Å². The number of hydrogen-bond acceptors (Lipinski definition) is 2. The second kappa shape index (κ2) is 7.14. The van der Waals surface area contributed by atoms with Crippen LogP contribution in [0.4, 0.5) is 0 Å². The Bertz CT molecular complexity index is 613. The van der Waals surface area contributed by atoms with Crippen LogP contribution in [-0.4, -0.2) is 12.5 Å². The quantitative estimate of drug-likeness (QED) is 0.909. The number of carbonyl (C=O) groups excluding carboxylic acids is 1. The van der Waals surface area contributed by atoms with Gasteiger partial charge < -0.3 is 10.1 Å². The minimum Gasteiger partial charge on any atom is -0.484 e. The second-order valence-corrected chi connectivity index (χ2v) is 5.33. The van der Waals surface area contributed by atoms with Gasteiger partial charge in [0.25, 0.3) is 5.91 Å². The van der Waals surface area contributed by atoms with Crippen molar-refractivity contribution in [3.05, 3.63) is 64.7 Å². The zero-order chi connectivity index (χ0) is 15.2. The van der Waals surface area contributed by atoms with Crippen LogP contribution < -0.4 is 10.1 Å². The third-order valence-corrected chi connectivity index (χ3v) is 3.41. The summed E-state index contributed by atoms with van der Waals surface area (Å²) in [5.74, 6) is 0.516. The highest BCUT2D eigenvalue weighted by Gasteiger charge is 2.10. The molecule has 0 radical (unpaired) electrons. The fourth-order valence-electron chi connectivity index (χ4n) is 2.03. The number of benzene rings is 2. The summed E-state index contributed by atoms with van der Waals surface area (Å²) in [5, 5.41) is 3.56. The maximum Gasteiger partial charge on any atom is 0.258 e. The molecule has 3 nitrogen and oxygen atoms in total. The molecule has 0 fully saturated rings. The molecular formula is C17H18ClNO2. The van der Waals surface area contributed by atoms with Crippen LogP contribution in [0.5, 0.6) is 5.75 Å². The molecule has 0 unspecified atom stereocenters. The largest absolute Gasteiger partial charge is 0.484 e. The third-order valence-electron chi connectivity index (χ3n) is 3.17. The molecule has 0 bridgehead atoms. The molecule has 0 spiro atoms. The van der Waals surface area contributed by atoms with Gasteiger partial charge in [0.1, 0.15) is 5.75 Å². The van der Waals surface area contributed by atoms with Crippen LogP contribution in [0.15, 0.2) is 48.5 Å². The van der Waals surface area contributed by atoms with E-state index in [0.717, 1.165) is 11.1 Å². The van der Waals surface area contributed by atoms with Crippen LogP contribution in [0.1, 0.15) is 24.1 Å². The summed E-state index contributed by atoms with van der Waals surface area (Å²) in [4.78, 5) is 11.9. The molecule has 21 heavy (non-hydrogen) atoms. The standard InChI is InChI=1S/C17H18ClNO2/c1-12-10-15(18)8-9-16(12)21-11-17(20)19-13(2)14-6-4-3-5-7-14/h3-10,13H,11H2,1-2H3,(H,19,20)/t13-/m0/s1. The molecule has 1 amide bonds. The summed E-state index contributed by atoms with van der Waals surface area (Å²) in [7, 11) is 0. The number of halogens is 1. The Labute approximate surface area is 129 Å². The van der Waals surface area contributed by atoms with Crippen molar-refractivity contribution in [3.8, 4) is 5.75 Å². The maximum absolute atomic E-state index is 11.9. The lowest BCUT2D eigenvalue weighted by atomic mass is 10.1. The number of aryl methyl sites for hydroxylation is 1. The van der Waals surface area contributed by atoms with Crippen LogP contribution in [0.2, 0.25) is 5.02 Å². The summed E-state index contributed by atoms with van der Waals surface area (Å²) in [6.45, 7) is 3.83. The van der Waals surface area contributed by atoms with Crippen LogP contribution >= 0.6 is 11.6 Å². The molecule has 1 atom stereocenters. The molecular weight excluding hydrogens is 286 g/mol. The zero-order valence-corrected chi connectivity index (χ0v) is 12.9. The van der Waals surface area contributed by atoms with Gasteiger partial charge in [0, 0.05) is 5.02 Å². The maximum atomic E-state index is 11.9. The number of carbonyl (C=O) groups is 1. The summed E-state index contributed by atoms with van der Waals surface area (Å²) < 4.78 is 5.52. The first-order chi connectivity index (χ1) is 10.1. The van der Waals surface area contributed by atoms with Crippen LogP contribution in [0.25, 0.3) is 0 Å². The number of hydrogen-bond donors (Lipinski definition) is 1. The Morgan fingerprint density at radius 2 is 1.95 bits per heavy atom. The SMILES string of the molecule is Cc1cc(Cl)ccc1OCC(=O)N[C@@H](C)c1ccccc1. The van der Waals surface area contributed by atoms with E-state index >= 15 is 0 Å². The Balaban J connectivity index is 1.87. The van der Waals surface area contributed by atoms with Crippen molar-refractivity contribution >= 4 is 17.5 Å². The van der Waals surface area contributed by atoms with Gasteiger partial charge in [-0.3, -0.25) is 4.79 Å². The van der Waals surface area contributed by atoms with Gasteiger partial charge in [-0.1, -0.05) is 41.9 Å². The Hall–Kier alpha value is -2.00. The predicted octanol–water partition coefficient (Wildman–Crippen LogP) is 3.90. The van der Waals surface area contributed by atoms with Crippen molar-refractivity contribution in [1.29, 1.82) is 0 Å². The summed E-state index contributed by atoms with van der Waals surface area (Å²) in [6.07, 6.45) is 0. The van der Waals surface area contributed by atoms with Gasteiger partial charge in [-0.15, -0.1) is 0 Å². The van der Waals surface area contributed by atoms with E-state index in [4.69, 9.17) is 16.3 Å². The smallest absolute Gasteiger partial charge is 0.258 e. The molecule has 0 saturated heterocycles. The molecule has 0 heterocycles. The molecule has 0 aliphatic carbocycles. The van der Waals surface area contributed by atoms with E-state index in [9.17, 15) is 4.79 Å². The normalized spacial score (nSPS) is 11.8. The Morgan fingerprint density at radius 1 is 1.24 bits per heavy atom. The van der Waals surface area contributed by atoms with E-state index in [-0.39, 0.29) is 18.6 Å². The molecule has 2 aromatic rings. The molecule has 0 saturated carbocycles. The van der Waals surface area contributed by atoms with Gasteiger partial charge in [0.2, 0.25) is 0 Å². The summed E-state index contributed by atoms with van der Waals surface area (Å²) in [6, 6.07) is 15.1. The van der Waals surface area contributed by atoms with Crippen molar-refractivity contribution < 1.29 is 9.53 Å². The summed E-state index contributed by atoms with van der Waals surface area (Å²) in [5.41, 5.74) is 1.97. The molecule has 0 aliphatic heterocycles. The number of rotatable bonds is 5. The highest BCUT2D eigenvalue weighted by Crippen LogP contribution is 2.21. The molecule has 0 aromatic heterocycles. The summed E-state index contributed by atoms with van der Waals surface area (Å²) >= 11 is 5.88. The first-order valence-corrected chi connectivity index (χ1v) is 7.17. The van der Waals surface area contributed by atoms with Crippen molar-refractivity contribution in [2.75, 3.05) is 6.61 Å². The fourth-order valence-corrected chi connectivity index (χ4v) is 2.25. The van der Waals surface area contributed by atoms with Crippen LogP contribution in [-0.2, 0) is 4.79 Å². The number of ether oxygens (including phenoxy) is 1. The molecule has 2 rings (SSSR count). The Kier molecular flexibility index (Phi) is 5.23. The third kappa shape index (κ3) is 4.50. The van der Waals surface area contributed by atoms with Gasteiger partial charge >= 0.3 is 0 Å². The van der Waals surface area contributed by atoms with E-state index in [1.807, 2.05) is 44.2 Å². The van der Waals surface area contributed by atoms with Gasteiger partial charge in [-0.05, 0) is 43.2 Å². The van der Waals surface area contributed by atoms with Crippen molar-refractivity contribution in [2.45, 2.75) is 19.9 Å². The second-order valence-electron chi connectivity index (χ2n) is 4.90. The highest BCUT2D eigenvalue weighted by molar-refractivity contribution is 6.30. The minimum atomic E-state index is -0.152. The van der Waals surface area contributed by atoms with Gasteiger partial charge in [0.15, 0.2) is 6.61 Å². The average molecular weight is 304 g/mol. The number of amides is 1. The Morgan fingerprint density at radius 3 is 2.62 bits per heavy atom. The number of nitrogens with one attached hydrogen (secondary N) is 1. The van der Waals surface area contributed by atoms with E-state index in [1.54, 1.807) is 18.2 Å². The van der Waals surface area contributed by atoms with Gasteiger partial charge in [0.05, 0.1) is 6.04 Å². The van der Waals surface area contributed by atoms with E-state index < -0.39 is 0 Å². The molecule has 1 N–H and O–H groups in total. The molecule has 110 valence electrons. The zero-order valence-electron chi connectivity index (χ0n) is 12.1. The highest BCUT2D eigenvalue weighted by atomic mass is 35.5. The van der Waals surface area contributed by atoms with Gasteiger partial charge in [-0.2, -0.15) is 0 Å². The van der Waals surface area contributed by atoms with Crippen LogP contribution in [0, 0.1) is 6.92 Å². The van der Waals surface area contributed by atoms with Gasteiger partial charge in [-0.25, -0.2) is 0 Å². The molecule has 4 heteroatoms. The first-order valence-electron chi connectivity index (χ1n) is 6.79. The molecule has 2 aromatic carbocycles. The molecule has 0 aliphatic rings. The lowest BCUT2D eigenvalue weighted by Gasteiger charge is -2.15. The van der Waals surface area contributed by atoms with E-state index in [1.165, 1.54) is 0 Å². The van der Waals surface area contributed by atoms with Crippen LogP contribution in [0.3, 0.4) is 0 Å². The monoisotopic (exact) mass is 303 g/mol.